The molecule has 0 spiro atoms. The molecule has 1 amide bonds. The minimum absolute atomic E-state index is 0.317. The predicted molar refractivity (Wildman–Crippen MR) is 102 cm³/mol. The summed E-state index contributed by atoms with van der Waals surface area (Å²) in [4.78, 5) is 17.1. The molecule has 0 saturated carbocycles. The zero-order chi connectivity index (χ0) is 18.7. The molecular formula is C20H21FN2O2S. The van der Waals surface area contributed by atoms with E-state index in [1.165, 1.54) is 29.7 Å². The van der Waals surface area contributed by atoms with Crippen molar-refractivity contribution in [3.05, 3.63) is 64.9 Å². The van der Waals surface area contributed by atoms with Crippen molar-refractivity contribution in [3.8, 4) is 0 Å². The largest absolute Gasteiger partial charge is 0.387 e. The number of carbonyl (C=O) groups is 1. The van der Waals surface area contributed by atoms with Gasteiger partial charge in [-0.05, 0) is 48.1 Å². The molecule has 6 heteroatoms. The van der Waals surface area contributed by atoms with E-state index in [4.69, 9.17) is 0 Å². The lowest BCUT2D eigenvalue weighted by Crippen LogP contribution is -2.45. The van der Waals surface area contributed by atoms with Gasteiger partial charge in [0.1, 0.15) is 5.82 Å². The van der Waals surface area contributed by atoms with E-state index in [2.05, 4.69) is 10.3 Å². The molecule has 0 aliphatic carbocycles. The average molecular weight is 372 g/mol. The molecule has 2 aromatic heterocycles. The van der Waals surface area contributed by atoms with E-state index in [1.54, 1.807) is 18.2 Å². The molecule has 3 rings (SSSR count). The second kappa shape index (κ2) is 7.51. The summed E-state index contributed by atoms with van der Waals surface area (Å²) in [6.07, 6.45) is 2.44. The number of aliphatic hydroxyl groups is 1. The maximum absolute atomic E-state index is 13.3. The van der Waals surface area contributed by atoms with Crippen molar-refractivity contribution >= 4 is 27.5 Å². The highest BCUT2D eigenvalue weighted by Crippen LogP contribution is 2.32. The number of thiophene rings is 1. The molecule has 4 nitrogen and oxygen atoms in total. The van der Waals surface area contributed by atoms with Gasteiger partial charge >= 0.3 is 0 Å². The number of benzene rings is 1. The number of hydrogen-bond donors (Lipinski definition) is 2. The Hall–Kier alpha value is -2.31. The molecule has 1 aromatic carbocycles. The van der Waals surface area contributed by atoms with Crippen LogP contribution >= 0.6 is 11.3 Å². The Balaban J connectivity index is 1.93. The van der Waals surface area contributed by atoms with Gasteiger partial charge in [0, 0.05) is 6.20 Å². The molecule has 0 aliphatic heterocycles. The molecule has 2 heterocycles. The number of halogens is 1. The Morgan fingerprint density at radius 1 is 1.27 bits per heavy atom. The first-order valence-corrected chi connectivity index (χ1v) is 9.46. The van der Waals surface area contributed by atoms with Crippen LogP contribution in [0.1, 0.15) is 48.7 Å². The van der Waals surface area contributed by atoms with Gasteiger partial charge in [-0.25, -0.2) is 4.39 Å². The lowest BCUT2D eigenvalue weighted by Gasteiger charge is -2.35. The van der Waals surface area contributed by atoms with Crippen LogP contribution < -0.4 is 5.32 Å². The molecule has 1 unspecified atom stereocenters. The van der Waals surface area contributed by atoms with Crippen molar-refractivity contribution in [2.45, 2.75) is 38.3 Å². The Kier molecular flexibility index (Phi) is 5.34. The van der Waals surface area contributed by atoms with Gasteiger partial charge in [-0.3, -0.25) is 9.78 Å². The highest BCUT2D eigenvalue weighted by Gasteiger charge is 2.36. The van der Waals surface area contributed by atoms with Crippen LogP contribution in [0.5, 0.6) is 0 Å². The van der Waals surface area contributed by atoms with Gasteiger partial charge in [-0.15, -0.1) is 11.3 Å². The molecular weight excluding hydrogens is 351 g/mol. The Labute approximate surface area is 155 Å². The summed E-state index contributed by atoms with van der Waals surface area (Å²) in [5.74, 6) is -0.676. The van der Waals surface area contributed by atoms with E-state index < -0.39 is 11.6 Å². The van der Waals surface area contributed by atoms with Crippen LogP contribution in [0, 0.1) is 5.82 Å². The summed E-state index contributed by atoms with van der Waals surface area (Å²) in [6.45, 7) is 3.73. The van der Waals surface area contributed by atoms with Crippen molar-refractivity contribution in [2.24, 2.45) is 0 Å². The number of rotatable bonds is 6. The van der Waals surface area contributed by atoms with Gasteiger partial charge in [0.15, 0.2) is 0 Å². The SMILES string of the molecule is CCC(O)(CC)C(NC(=O)c1cnc2ccsc2c1)c1ccc(F)cc1. The third kappa shape index (κ3) is 3.61. The molecule has 0 aliphatic rings. The number of pyridine rings is 1. The summed E-state index contributed by atoms with van der Waals surface area (Å²) < 4.78 is 14.2. The minimum atomic E-state index is -1.13. The number of amides is 1. The molecule has 3 aromatic rings. The third-order valence-corrected chi connectivity index (χ3v) is 5.66. The third-order valence-electron chi connectivity index (χ3n) is 4.81. The van der Waals surface area contributed by atoms with Gasteiger partial charge in [0.25, 0.3) is 5.91 Å². The van der Waals surface area contributed by atoms with Gasteiger partial charge in [0.05, 0.1) is 27.4 Å². The molecule has 26 heavy (non-hydrogen) atoms. The van der Waals surface area contributed by atoms with Crippen LogP contribution in [0.2, 0.25) is 0 Å². The van der Waals surface area contributed by atoms with Crippen LogP contribution in [0.3, 0.4) is 0 Å². The fourth-order valence-electron chi connectivity index (χ4n) is 3.03. The number of fused-ring (bicyclic) bond motifs is 1. The fraction of sp³-hybridized carbons (Fsp3) is 0.300. The normalized spacial score (nSPS) is 12.9. The summed E-state index contributed by atoms with van der Waals surface area (Å²) in [5, 5.41) is 15.9. The van der Waals surface area contributed by atoms with E-state index in [0.717, 1.165) is 10.2 Å². The molecule has 2 N–H and O–H groups in total. The van der Waals surface area contributed by atoms with E-state index in [9.17, 15) is 14.3 Å². The number of carbonyl (C=O) groups excluding carboxylic acids is 1. The second-order valence-electron chi connectivity index (χ2n) is 6.30. The van der Waals surface area contributed by atoms with Crippen LogP contribution in [0.25, 0.3) is 10.2 Å². The smallest absolute Gasteiger partial charge is 0.253 e. The summed E-state index contributed by atoms with van der Waals surface area (Å²) in [7, 11) is 0. The van der Waals surface area contributed by atoms with E-state index in [-0.39, 0.29) is 11.7 Å². The number of hydrogen-bond acceptors (Lipinski definition) is 4. The maximum Gasteiger partial charge on any atom is 0.253 e. The van der Waals surface area contributed by atoms with Gasteiger partial charge in [0.2, 0.25) is 0 Å². The van der Waals surface area contributed by atoms with Crippen molar-refractivity contribution < 1.29 is 14.3 Å². The number of aromatic nitrogens is 1. The topological polar surface area (TPSA) is 62.2 Å². The summed E-state index contributed by atoms with van der Waals surface area (Å²) in [5.41, 5.74) is 0.812. The Morgan fingerprint density at radius 2 is 1.96 bits per heavy atom. The van der Waals surface area contributed by atoms with Crippen LogP contribution in [-0.4, -0.2) is 21.6 Å². The zero-order valence-electron chi connectivity index (χ0n) is 14.7. The first kappa shape index (κ1) is 18.5. The summed E-state index contributed by atoms with van der Waals surface area (Å²) in [6, 6.07) is 8.90. The molecule has 136 valence electrons. The van der Waals surface area contributed by atoms with Crippen molar-refractivity contribution in [3.63, 3.8) is 0 Å². The van der Waals surface area contributed by atoms with Crippen molar-refractivity contribution in [1.82, 2.24) is 10.3 Å². The highest BCUT2D eigenvalue weighted by molar-refractivity contribution is 7.17. The summed E-state index contributed by atoms with van der Waals surface area (Å²) >= 11 is 1.52. The number of nitrogens with one attached hydrogen (secondary N) is 1. The van der Waals surface area contributed by atoms with E-state index in [1.807, 2.05) is 25.3 Å². The van der Waals surface area contributed by atoms with Crippen molar-refractivity contribution in [2.75, 3.05) is 0 Å². The first-order chi connectivity index (χ1) is 12.5. The first-order valence-electron chi connectivity index (χ1n) is 8.59. The maximum atomic E-state index is 13.3. The van der Waals surface area contributed by atoms with Gasteiger partial charge < -0.3 is 10.4 Å². The standard InChI is InChI=1S/C20H21FN2O2S/c1-3-20(25,4-2)18(13-5-7-15(21)8-6-13)23-19(24)14-11-17-16(22-12-14)9-10-26-17/h5-12,18,25H,3-4H2,1-2H3,(H,23,24). The highest BCUT2D eigenvalue weighted by atomic mass is 32.1. The Bertz CT molecular complexity index is 904. The molecule has 1 atom stereocenters. The minimum Gasteiger partial charge on any atom is -0.387 e. The molecule has 0 saturated heterocycles. The molecule has 0 radical (unpaired) electrons. The lowest BCUT2D eigenvalue weighted by molar-refractivity contribution is -0.00602. The quantitative estimate of drug-likeness (QED) is 0.672. The predicted octanol–water partition coefficient (Wildman–Crippen LogP) is 4.46. The van der Waals surface area contributed by atoms with E-state index in [0.29, 0.717) is 24.0 Å². The molecule has 0 fully saturated rings. The van der Waals surface area contributed by atoms with Gasteiger partial charge in [-0.2, -0.15) is 0 Å². The van der Waals surface area contributed by atoms with Crippen LogP contribution in [0.4, 0.5) is 4.39 Å². The van der Waals surface area contributed by atoms with Gasteiger partial charge in [-0.1, -0.05) is 26.0 Å². The fourth-order valence-corrected chi connectivity index (χ4v) is 3.81. The van der Waals surface area contributed by atoms with Crippen LogP contribution in [-0.2, 0) is 0 Å². The Morgan fingerprint density at radius 3 is 2.62 bits per heavy atom. The zero-order valence-corrected chi connectivity index (χ0v) is 15.5. The number of nitrogens with zero attached hydrogens (tertiary/aromatic N) is 1. The lowest BCUT2D eigenvalue weighted by atomic mass is 9.84. The second-order valence-corrected chi connectivity index (χ2v) is 7.24. The van der Waals surface area contributed by atoms with Crippen molar-refractivity contribution in [1.29, 1.82) is 0 Å². The average Bonchev–Trinajstić information content (AvgIpc) is 3.14. The molecule has 0 bridgehead atoms. The van der Waals surface area contributed by atoms with Crippen LogP contribution in [0.15, 0.2) is 48.0 Å². The van der Waals surface area contributed by atoms with E-state index >= 15 is 0 Å². The monoisotopic (exact) mass is 372 g/mol.